The first-order valence-corrected chi connectivity index (χ1v) is 5.79. The van der Waals surface area contributed by atoms with E-state index in [1.165, 1.54) is 12.1 Å². The van der Waals surface area contributed by atoms with Gasteiger partial charge in [0.05, 0.1) is 5.56 Å². The van der Waals surface area contributed by atoms with Crippen LogP contribution in [-0.4, -0.2) is 24.5 Å². The highest BCUT2D eigenvalue weighted by Crippen LogP contribution is 2.22. The number of carbonyl (C=O) groups is 2. The number of nitrogens with one attached hydrogen (secondary N) is 1. The van der Waals surface area contributed by atoms with E-state index in [-0.39, 0.29) is 29.9 Å². The third kappa shape index (κ3) is 4.25. The molecule has 0 radical (unpaired) electrons. The van der Waals surface area contributed by atoms with Gasteiger partial charge in [-0.05, 0) is 32.0 Å². The van der Waals surface area contributed by atoms with Crippen LogP contribution in [-0.2, 0) is 4.79 Å². The van der Waals surface area contributed by atoms with Crippen LogP contribution in [0.1, 0.15) is 24.2 Å². The summed E-state index contributed by atoms with van der Waals surface area (Å²) >= 11 is 5.75. The molecule has 0 unspecified atom stereocenters. The molecule has 98 valence electrons. The molecule has 0 fully saturated rings. The zero-order valence-corrected chi connectivity index (χ0v) is 11.0. The molecule has 18 heavy (non-hydrogen) atoms. The van der Waals surface area contributed by atoms with Gasteiger partial charge in [0, 0.05) is 11.1 Å². The third-order valence-corrected chi connectivity index (χ3v) is 2.25. The first-order valence-electron chi connectivity index (χ1n) is 5.41. The van der Waals surface area contributed by atoms with E-state index in [2.05, 4.69) is 5.32 Å². The Balaban J connectivity index is 2.73. The van der Waals surface area contributed by atoms with Crippen LogP contribution in [0.3, 0.4) is 0 Å². The standard InChI is InChI=1S/C12H15ClN2O3/c1-7(2)15-11(16)6-18-10-4-3-8(13)5-9(10)12(14)17/h3-5,7H,6H2,1-2H3,(H2,14,17)(H,15,16). The lowest BCUT2D eigenvalue weighted by Crippen LogP contribution is -2.34. The van der Waals surface area contributed by atoms with Crippen molar-refractivity contribution in [2.75, 3.05) is 6.61 Å². The van der Waals surface area contributed by atoms with Gasteiger partial charge in [-0.15, -0.1) is 0 Å². The molecule has 1 aromatic carbocycles. The molecule has 0 saturated heterocycles. The second kappa shape index (κ2) is 6.26. The van der Waals surface area contributed by atoms with Crippen LogP contribution in [0.25, 0.3) is 0 Å². The Labute approximate surface area is 110 Å². The normalized spacial score (nSPS) is 10.2. The van der Waals surface area contributed by atoms with Crippen LogP contribution in [0, 0.1) is 0 Å². The van der Waals surface area contributed by atoms with E-state index >= 15 is 0 Å². The maximum absolute atomic E-state index is 11.4. The largest absolute Gasteiger partial charge is 0.483 e. The van der Waals surface area contributed by atoms with Gasteiger partial charge in [0.2, 0.25) is 0 Å². The molecule has 6 heteroatoms. The van der Waals surface area contributed by atoms with Gasteiger partial charge in [-0.1, -0.05) is 11.6 Å². The van der Waals surface area contributed by atoms with Crippen molar-refractivity contribution in [1.29, 1.82) is 0 Å². The topological polar surface area (TPSA) is 81.4 Å². The summed E-state index contributed by atoms with van der Waals surface area (Å²) in [6.07, 6.45) is 0. The zero-order chi connectivity index (χ0) is 13.7. The highest BCUT2D eigenvalue weighted by Gasteiger charge is 2.12. The molecular weight excluding hydrogens is 256 g/mol. The third-order valence-electron chi connectivity index (χ3n) is 2.02. The Hall–Kier alpha value is -1.75. The van der Waals surface area contributed by atoms with Gasteiger partial charge in [0.25, 0.3) is 11.8 Å². The van der Waals surface area contributed by atoms with Crippen LogP contribution in [0.5, 0.6) is 5.75 Å². The fraction of sp³-hybridized carbons (Fsp3) is 0.333. The Bertz CT molecular complexity index is 461. The molecule has 0 saturated carbocycles. The van der Waals surface area contributed by atoms with Crippen molar-refractivity contribution >= 4 is 23.4 Å². The Morgan fingerprint density at radius 1 is 1.44 bits per heavy atom. The van der Waals surface area contributed by atoms with E-state index in [1.807, 2.05) is 13.8 Å². The number of ether oxygens (including phenoxy) is 1. The fourth-order valence-corrected chi connectivity index (χ4v) is 1.50. The number of halogens is 1. The van der Waals surface area contributed by atoms with Crippen LogP contribution in [0.2, 0.25) is 5.02 Å². The van der Waals surface area contributed by atoms with Gasteiger partial charge in [0.15, 0.2) is 6.61 Å². The molecule has 0 aromatic heterocycles. The molecule has 0 bridgehead atoms. The quantitative estimate of drug-likeness (QED) is 0.847. The number of hydrogen-bond acceptors (Lipinski definition) is 3. The summed E-state index contributed by atoms with van der Waals surface area (Å²) in [5, 5.41) is 3.04. The van der Waals surface area contributed by atoms with Crippen LogP contribution in [0.15, 0.2) is 18.2 Å². The van der Waals surface area contributed by atoms with E-state index in [0.29, 0.717) is 5.02 Å². The first kappa shape index (κ1) is 14.3. The van der Waals surface area contributed by atoms with E-state index in [1.54, 1.807) is 6.07 Å². The van der Waals surface area contributed by atoms with Crippen molar-refractivity contribution in [3.63, 3.8) is 0 Å². The second-order valence-corrected chi connectivity index (χ2v) is 4.45. The average molecular weight is 271 g/mol. The summed E-state index contributed by atoms with van der Waals surface area (Å²) < 4.78 is 5.24. The van der Waals surface area contributed by atoms with E-state index in [0.717, 1.165) is 0 Å². The predicted octanol–water partition coefficient (Wildman–Crippen LogP) is 1.34. The molecule has 0 spiro atoms. The predicted molar refractivity (Wildman–Crippen MR) is 68.7 cm³/mol. The van der Waals surface area contributed by atoms with E-state index in [4.69, 9.17) is 22.1 Å². The summed E-state index contributed by atoms with van der Waals surface area (Å²) in [6.45, 7) is 3.50. The molecule has 0 atom stereocenters. The van der Waals surface area contributed by atoms with Crippen molar-refractivity contribution in [2.45, 2.75) is 19.9 Å². The molecule has 3 N–H and O–H groups in total. The summed E-state index contributed by atoms with van der Waals surface area (Å²) in [4.78, 5) is 22.6. The van der Waals surface area contributed by atoms with Crippen molar-refractivity contribution in [1.82, 2.24) is 5.32 Å². The van der Waals surface area contributed by atoms with Crippen molar-refractivity contribution in [3.8, 4) is 5.75 Å². The van der Waals surface area contributed by atoms with Crippen LogP contribution in [0.4, 0.5) is 0 Å². The molecule has 0 aliphatic heterocycles. The molecule has 0 heterocycles. The molecule has 1 aromatic rings. The fourth-order valence-electron chi connectivity index (χ4n) is 1.33. The van der Waals surface area contributed by atoms with Gasteiger partial charge in [-0.25, -0.2) is 0 Å². The summed E-state index contributed by atoms with van der Waals surface area (Å²) in [6, 6.07) is 4.50. The second-order valence-electron chi connectivity index (χ2n) is 4.02. The highest BCUT2D eigenvalue weighted by molar-refractivity contribution is 6.31. The summed E-state index contributed by atoms with van der Waals surface area (Å²) in [5.41, 5.74) is 5.35. The minimum atomic E-state index is -0.656. The van der Waals surface area contributed by atoms with Crippen LogP contribution < -0.4 is 15.8 Å². The smallest absolute Gasteiger partial charge is 0.258 e. The first-order chi connectivity index (χ1) is 8.40. The maximum Gasteiger partial charge on any atom is 0.258 e. The lowest BCUT2D eigenvalue weighted by atomic mass is 10.2. The van der Waals surface area contributed by atoms with Crippen molar-refractivity contribution < 1.29 is 14.3 Å². The molecule has 5 nitrogen and oxygen atoms in total. The van der Waals surface area contributed by atoms with Gasteiger partial charge < -0.3 is 15.8 Å². The van der Waals surface area contributed by atoms with E-state index < -0.39 is 5.91 Å². The van der Waals surface area contributed by atoms with Crippen molar-refractivity contribution in [3.05, 3.63) is 28.8 Å². The number of carbonyl (C=O) groups excluding carboxylic acids is 2. The Kier molecular flexibility index (Phi) is 4.97. The van der Waals surface area contributed by atoms with Gasteiger partial charge in [0.1, 0.15) is 5.75 Å². The lowest BCUT2D eigenvalue weighted by molar-refractivity contribution is -0.123. The molecule has 2 amide bonds. The number of rotatable bonds is 5. The molecule has 0 aliphatic rings. The number of hydrogen-bond donors (Lipinski definition) is 2. The number of nitrogens with two attached hydrogens (primary N) is 1. The minimum Gasteiger partial charge on any atom is -0.483 e. The maximum atomic E-state index is 11.4. The Morgan fingerprint density at radius 2 is 2.11 bits per heavy atom. The monoisotopic (exact) mass is 270 g/mol. The highest BCUT2D eigenvalue weighted by atomic mass is 35.5. The zero-order valence-electron chi connectivity index (χ0n) is 10.2. The number of primary amides is 1. The Morgan fingerprint density at radius 3 is 2.67 bits per heavy atom. The minimum absolute atomic E-state index is 0.0296. The SMILES string of the molecule is CC(C)NC(=O)COc1ccc(Cl)cc1C(N)=O. The van der Waals surface area contributed by atoms with Gasteiger partial charge >= 0.3 is 0 Å². The number of benzene rings is 1. The van der Waals surface area contributed by atoms with Crippen molar-refractivity contribution in [2.24, 2.45) is 5.73 Å². The lowest BCUT2D eigenvalue weighted by Gasteiger charge is -2.11. The summed E-state index contributed by atoms with van der Waals surface area (Å²) in [5.74, 6) is -0.682. The summed E-state index contributed by atoms with van der Waals surface area (Å²) in [7, 11) is 0. The molecule has 1 rings (SSSR count). The molecular formula is C12H15ClN2O3. The van der Waals surface area contributed by atoms with E-state index in [9.17, 15) is 9.59 Å². The number of amides is 2. The van der Waals surface area contributed by atoms with Gasteiger partial charge in [-0.3, -0.25) is 9.59 Å². The van der Waals surface area contributed by atoms with Gasteiger partial charge in [-0.2, -0.15) is 0 Å². The average Bonchev–Trinajstić information content (AvgIpc) is 2.26. The van der Waals surface area contributed by atoms with Crippen LogP contribution >= 0.6 is 11.6 Å². The molecule has 0 aliphatic carbocycles.